The lowest BCUT2D eigenvalue weighted by Gasteiger charge is -2.40. The van der Waals surface area contributed by atoms with Gasteiger partial charge in [-0.05, 0) is 0 Å². The maximum absolute atomic E-state index is 9.59. The molecule has 1 aliphatic heterocycles. The van der Waals surface area contributed by atoms with Gasteiger partial charge in [-0.25, -0.2) is 0 Å². The minimum atomic E-state index is -1.17. The van der Waals surface area contributed by atoms with Gasteiger partial charge in [0.15, 0.2) is 6.29 Å². The van der Waals surface area contributed by atoms with E-state index in [0.29, 0.717) is 0 Å². The number of aliphatic hydroxyl groups excluding tert-OH is 3. The van der Waals surface area contributed by atoms with Gasteiger partial charge in [0.2, 0.25) is 0 Å². The molecular weight excluding hydrogens is 192 g/mol. The van der Waals surface area contributed by atoms with Crippen LogP contribution in [0.5, 0.6) is 0 Å². The molecule has 0 saturated carbocycles. The molecule has 0 unspecified atom stereocenters. The third-order valence-electron chi connectivity index (χ3n) is 2.33. The highest BCUT2D eigenvalue weighted by atomic mass is 16.7. The van der Waals surface area contributed by atoms with Crippen LogP contribution in [0, 0.1) is 0 Å². The molecule has 0 aromatic heterocycles. The average Bonchev–Trinajstić information content (AvgIpc) is 2.21. The average molecular weight is 208 g/mol. The fraction of sp³-hybridized carbons (Fsp3) is 1.00. The van der Waals surface area contributed by atoms with Crippen LogP contribution in [0.2, 0.25) is 0 Å². The van der Waals surface area contributed by atoms with Crippen molar-refractivity contribution in [2.24, 2.45) is 0 Å². The largest absolute Gasteiger partial charge is 0.394 e. The molecule has 5 atom stereocenters. The Balaban J connectivity index is 2.71. The van der Waals surface area contributed by atoms with E-state index in [4.69, 9.17) is 19.3 Å². The summed E-state index contributed by atoms with van der Waals surface area (Å²) in [6.45, 7) is -0.303. The molecule has 0 bridgehead atoms. The molecule has 0 radical (unpaired) electrons. The second-order valence-electron chi connectivity index (χ2n) is 3.14. The molecule has 1 aliphatic rings. The van der Waals surface area contributed by atoms with E-state index in [9.17, 15) is 10.2 Å². The fourth-order valence-electron chi connectivity index (χ4n) is 1.54. The van der Waals surface area contributed by atoms with Crippen LogP contribution in [-0.4, -0.2) is 66.9 Å². The number of aliphatic hydroxyl groups is 3. The van der Waals surface area contributed by atoms with Crippen molar-refractivity contribution in [3.8, 4) is 0 Å². The van der Waals surface area contributed by atoms with Gasteiger partial charge in [-0.15, -0.1) is 0 Å². The van der Waals surface area contributed by atoms with Crippen LogP contribution < -0.4 is 0 Å². The summed E-state index contributed by atoms with van der Waals surface area (Å²) in [7, 11) is 2.72. The Morgan fingerprint density at radius 2 is 1.79 bits per heavy atom. The lowest BCUT2D eigenvalue weighted by atomic mass is 9.99. The normalized spacial score (nSPS) is 43.9. The van der Waals surface area contributed by atoms with Crippen molar-refractivity contribution in [1.29, 1.82) is 0 Å². The standard InChI is InChI=1S/C8H16O6/c1-12-7-4(3-9)14-8(13-2)6(11)5(7)10/h4-11H,3H2,1-2H3/t4-,5-,6-,7+,8-/m1/s1. The van der Waals surface area contributed by atoms with E-state index < -0.39 is 30.7 Å². The summed E-state index contributed by atoms with van der Waals surface area (Å²) >= 11 is 0. The van der Waals surface area contributed by atoms with Crippen molar-refractivity contribution < 1.29 is 29.5 Å². The summed E-state index contributed by atoms with van der Waals surface area (Å²) < 4.78 is 14.9. The summed E-state index contributed by atoms with van der Waals surface area (Å²) in [6.07, 6.45) is -4.68. The van der Waals surface area contributed by atoms with Crippen molar-refractivity contribution in [3.63, 3.8) is 0 Å². The van der Waals surface area contributed by atoms with Gasteiger partial charge in [0.05, 0.1) is 6.61 Å². The lowest BCUT2D eigenvalue weighted by molar-refractivity contribution is -0.298. The first-order valence-electron chi connectivity index (χ1n) is 4.33. The zero-order valence-electron chi connectivity index (χ0n) is 8.16. The topological polar surface area (TPSA) is 88.4 Å². The number of hydrogen-bond acceptors (Lipinski definition) is 6. The molecule has 3 N–H and O–H groups in total. The van der Waals surface area contributed by atoms with E-state index in [0.717, 1.165) is 0 Å². The van der Waals surface area contributed by atoms with Gasteiger partial charge in [0, 0.05) is 14.2 Å². The Hall–Kier alpha value is -0.240. The summed E-state index contributed by atoms with van der Waals surface area (Å²) in [4.78, 5) is 0. The zero-order chi connectivity index (χ0) is 10.7. The third-order valence-corrected chi connectivity index (χ3v) is 2.33. The number of methoxy groups -OCH3 is 2. The van der Waals surface area contributed by atoms with E-state index in [1.54, 1.807) is 0 Å². The van der Waals surface area contributed by atoms with Crippen molar-refractivity contribution in [3.05, 3.63) is 0 Å². The predicted molar refractivity (Wildman–Crippen MR) is 45.6 cm³/mol. The van der Waals surface area contributed by atoms with E-state index in [1.807, 2.05) is 0 Å². The Morgan fingerprint density at radius 1 is 1.14 bits per heavy atom. The van der Waals surface area contributed by atoms with Gasteiger partial charge < -0.3 is 29.5 Å². The van der Waals surface area contributed by atoms with E-state index >= 15 is 0 Å². The van der Waals surface area contributed by atoms with Gasteiger partial charge in [0.25, 0.3) is 0 Å². The number of rotatable bonds is 3. The Morgan fingerprint density at radius 3 is 2.21 bits per heavy atom. The maximum atomic E-state index is 9.59. The number of ether oxygens (including phenoxy) is 3. The van der Waals surface area contributed by atoms with Crippen molar-refractivity contribution in [1.82, 2.24) is 0 Å². The fourth-order valence-corrected chi connectivity index (χ4v) is 1.54. The van der Waals surface area contributed by atoms with Crippen molar-refractivity contribution in [2.45, 2.75) is 30.7 Å². The molecule has 6 heteroatoms. The third kappa shape index (κ3) is 2.05. The molecule has 6 nitrogen and oxygen atoms in total. The molecule has 84 valence electrons. The second-order valence-corrected chi connectivity index (χ2v) is 3.14. The first kappa shape index (κ1) is 11.8. The van der Waals surface area contributed by atoms with Gasteiger partial charge >= 0.3 is 0 Å². The molecule has 1 heterocycles. The molecule has 0 aromatic rings. The maximum Gasteiger partial charge on any atom is 0.186 e. The predicted octanol–water partition coefficient (Wildman–Crippen LogP) is -1.91. The van der Waals surface area contributed by atoms with E-state index in [2.05, 4.69) is 0 Å². The summed E-state index contributed by atoms with van der Waals surface area (Å²) in [5.74, 6) is 0. The first-order chi connectivity index (χ1) is 6.65. The SMILES string of the molecule is CO[C@@H]1O[C@H](CO)[C@H](OC)[C@H](O)[C@H]1O. The lowest BCUT2D eigenvalue weighted by Crippen LogP contribution is -2.59. The highest BCUT2D eigenvalue weighted by molar-refractivity contribution is 4.89. The monoisotopic (exact) mass is 208 g/mol. The van der Waals surface area contributed by atoms with Gasteiger partial charge in [0.1, 0.15) is 24.4 Å². The molecular formula is C8H16O6. The summed E-state index contributed by atoms with van der Waals surface area (Å²) in [5, 5.41) is 28.0. The van der Waals surface area contributed by atoms with E-state index in [1.165, 1.54) is 14.2 Å². The van der Waals surface area contributed by atoms with Gasteiger partial charge in [-0.2, -0.15) is 0 Å². The highest BCUT2D eigenvalue weighted by Gasteiger charge is 2.44. The molecule has 1 rings (SSSR count). The molecule has 0 amide bonds. The van der Waals surface area contributed by atoms with Crippen LogP contribution in [0.3, 0.4) is 0 Å². The van der Waals surface area contributed by atoms with Crippen molar-refractivity contribution in [2.75, 3.05) is 20.8 Å². The van der Waals surface area contributed by atoms with Crippen LogP contribution in [-0.2, 0) is 14.2 Å². The minimum absolute atomic E-state index is 0.303. The smallest absolute Gasteiger partial charge is 0.186 e. The molecule has 1 saturated heterocycles. The molecule has 0 aromatic carbocycles. The summed E-state index contributed by atoms with van der Waals surface area (Å²) in [6, 6.07) is 0. The van der Waals surface area contributed by atoms with Crippen LogP contribution >= 0.6 is 0 Å². The molecule has 14 heavy (non-hydrogen) atoms. The van der Waals surface area contributed by atoms with Crippen LogP contribution in [0.4, 0.5) is 0 Å². The molecule has 0 aliphatic carbocycles. The minimum Gasteiger partial charge on any atom is -0.394 e. The van der Waals surface area contributed by atoms with Crippen LogP contribution in [0.15, 0.2) is 0 Å². The Bertz CT molecular complexity index is 173. The molecule has 1 fully saturated rings. The molecule has 0 spiro atoms. The van der Waals surface area contributed by atoms with Crippen LogP contribution in [0.1, 0.15) is 0 Å². The Labute approximate surface area is 82.0 Å². The van der Waals surface area contributed by atoms with Crippen LogP contribution in [0.25, 0.3) is 0 Å². The van der Waals surface area contributed by atoms with Gasteiger partial charge in [-0.3, -0.25) is 0 Å². The first-order valence-corrected chi connectivity index (χ1v) is 4.33. The number of hydrogen-bond donors (Lipinski definition) is 3. The Kier molecular flexibility index (Phi) is 4.24. The zero-order valence-corrected chi connectivity index (χ0v) is 8.16. The quantitative estimate of drug-likeness (QED) is 0.501. The second kappa shape index (κ2) is 5.01. The van der Waals surface area contributed by atoms with E-state index in [-0.39, 0.29) is 6.61 Å². The summed E-state index contributed by atoms with van der Waals surface area (Å²) in [5.41, 5.74) is 0. The highest BCUT2D eigenvalue weighted by Crippen LogP contribution is 2.23. The van der Waals surface area contributed by atoms with Gasteiger partial charge in [-0.1, -0.05) is 0 Å². The van der Waals surface area contributed by atoms with Crippen molar-refractivity contribution >= 4 is 0 Å².